The number of sulfonamides is 1. The average molecular weight is 371 g/mol. The summed E-state index contributed by atoms with van der Waals surface area (Å²) >= 11 is 0. The summed E-state index contributed by atoms with van der Waals surface area (Å²) < 4.78 is 32.7. The molecule has 7 heteroatoms. The van der Waals surface area contributed by atoms with Gasteiger partial charge in [0.15, 0.2) is 0 Å². The Morgan fingerprint density at radius 3 is 2.73 bits per heavy atom. The first kappa shape index (κ1) is 17.0. The second-order valence-electron chi connectivity index (χ2n) is 6.93. The molecule has 2 aromatic rings. The summed E-state index contributed by atoms with van der Waals surface area (Å²) in [5.74, 6) is 1.14. The van der Waals surface area contributed by atoms with Crippen LogP contribution in [0.5, 0.6) is 5.75 Å². The fraction of sp³-hybridized carbons (Fsp3) is 0.368. The zero-order chi connectivity index (χ0) is 18.3. The molecule has 4 rings (SSSR count). The molecular weight excluding hydrogens is 350 g/mol. The lowest BCUT2D eigenvalue weighted by Crippen LogP contribution is -2.18. The predicted molar refractivity (Wildman–Crippen MR) is 101 cm³/mol. The van der Waals surface area contributed by atoms with Crippen molar-refractivity contribution in [2.75, 3.05) is 4.72 Å². The fourth-order valence-electron chi connectivity index (χ4n) is 3.00. The maximum Gasteiger partial charge on any atom is 0.236 e. The van der Waals surface area contributed by atoms with Gasteiger partial charge in [0.1, 0.15) is 11.6 Å². The number of pyridine rings is 1. The zero-order valence-corrected chi connectivity index (χ0v) is 15.6. The first-order chi connectivity index (χ1) is 12.4. The van der Waals surface area contributed by atoms with Gasteiger partial charge in [0.2, 0.25) is 10.0 Å². The van der Waals surface area contributed by atoms with Gasteiger partial charge in [-0.3, -0.25) is 9.71 Å². The fourth-order valence-corrected chi connectivity index (χ4v) is 4.32. The minimum Gasteiger partial charge on any atom is -0.491 e. The molecule has 0 amide bonds. The van der Waals surface area contributed by atoms with Gasteiger partial charge in [-0.05, 0) is 56.5 Å². The van der Waals surface area contributed by atoms with E-state index in [1.807, 2.05) is 38.1 Å². The van der Waals surface area contributed by atoms with Gasteiger partial charge >= 0.3 is 0 Å². The molecule has 26 heavy (non-hydrogen) atoms. The Bertz CT molecular complexity index is 979. The number of nitrogens with zero attached hydrogens (tertiary/aromatic N) is 2. The molecular formula is C19H21N3O3S. The summed E-state index contributed by atoms with van der Waals surface area (Å²) in [5, 5.41) is -0.284. The van der Waals surface area contributed by atoms with E-state index in [1.54, 1.807) is 12.3 Å². The van der Waals surface area contributed by atoms with Crippen LogP contribution in [0.4, 0.5) is 5.82 Å². The van der Waals surface area contributed by atoms with Gasteiger partial charge in [-0.25, -0.2) is 13.4 Å². The van der Waals surface area contributed by atoms with Crippen LogP contribution in [-0.4, -0.2) is 30.5 Å². The second kappa shape index (κ2) is 6.39. The van der Waals surface area contributed by atoms with Crippen LogP contribution in [0.2, 0.25) is 0 Å². The third kappa shape index (κ3) is 3.44. The molecule has 2 heterocycles. The Morgan fingerprint density at radius 1 is 1.19 bits per heavy atom. The molecule has 1 aliphatic carbocycles. The second-order valence-corrected chi connectivity index (χ2v) is 8.89. The molecule has 6 nitrogen and oxygen atoms in total. The maximum absolute atomic E-state index is 12.1. The Hall–Kier alpha value is -2.41. The number of rotatable bonds is 6. The molecule has 1 N–H and O–H groups in total. The number of benzene rings is 1. The first-order valence-corrected chi connectivity index (χ1v) is 10.3. The molecule has 0 radical (unpaired) electrons. The lowest BCUT2D eigenvalue weighted by molar-refractivity contribution is 0.242. The Labute approximate surface area is 153 Å². The lowest BCUT2D eigenvalue weighted by atomic mass is 10.0. The zero-order valence-electron chi connectivity index (χ0n) is 14.8. The number of aliphatic imine (C=N–C) groups is 1. The third-order valence-electron chi connectivity index (χ3n) is 4.36. The number of hydrogen-bond donors (Lipinski definition) is 1. The highest BCUT2D eigenvalue weighted by Crippen LogP contribution is 2.31. The Morgan fingerprint density at radius 2 is 2.00 bits per heavy atom. The number of ether oxygens (including phenoxy) is 1. The smallest absolute Gasteiger partial charge is 0.236 e. The summed E-state index contributed by atoms with van der Waals surface area (Å²) in [7, 11) is -3.33. The largest absolute Gasteiger partial charge is 0.491 e. The molecule has 1 aromatic carbocycles. The van der Waals surface area contributed by atoms with Crippen LogP contribution in [0.15, 0.2) is 41.5 Å². The van der Waals surface area contributed by atoms with E-state index >= 15 is 0 Å². The average Bonchev–Trinajstić information content (AvgIpc) is 3.36. The number of anilines is 1. The van der Waals surface area contributed by atoms with Gasteiger partial charge in [0.05, 0.1) is 23.6 Å². The lowest BCUT2D eigenvalue weighted by Gasteiger charge is -2.12. The molecule has 0 atom stereocenters. The van der Waals surface area contributed by atoms with Crippen molar-refractivity contribution in [2.24, 2.45) is 4.99 Å². The number of hydrogen-bond acceptors (Lipinski definition) is 5. The van der Waals surface area contributed by atoms with Gasteiger partial charge in [0.25, 0.3) is 0 Å². The molecule has 1 aliphatic heterocycles. The van der Waals surface area contributed by atoms with Crippen LogP contribution in [0.1, 0.15) is 43.4 Å². The molecule has 0 bridgehead atoms. The molecule has 0 unspecified atom stereocenters. The number of aromatic nitrogens is 1. The van der Waals surface area contributed by atoms with Crippen molar-refractivity contribution in [3.8, 4) is 5.75 Å². The molecule has 2 aliphatic rings. The Kier molecular flexibility index (Phi) is 4.19. The van der Waals surface area contributed by atoms with Crippen molar-refractivity contribution in [2.45, 2.75) is 44.6 Å². The van der Waals surface area contributed by atoms with Crippen LogP contribution in [0.25, 0.3) is 0 Å². The highest BCUT2D eigenvalue weighted by atomic mass is 32.2. The number of fused-ring (bicyclic) bond motifs is 1. The molecule has 136 valence electrons. The summed E-state index contributed by atoms with van der Waals surface area (Å²) in [6.45, 7) is 4.59. The minimum atomic E-state index is -3.33. The van der Waals surface area contributed by atoms with Crippen molar-refractivity contribution in [1.29, 1.82) is 0 Å². The third-order valence-corrected chi connectivity index (χ3v) is 6.20. The van der Waals surface area contributed by atoms with E-state index < -0.39 is 10.0 Å². The van der Waals surface area contributed by atoms with Crippen molar-refractivity contribution in [3.63, 3.8) is 0 Å². The van der Waals surface area contributed by atoms with Crippen molar-refractivity contribution in [3.05, 3.63) is 53.2 Å². The van der Waals surface area contributed by atoms with Crippen molar-refractivity contribution >= 4 is 21.6 Å². The van der Waals surface area contributed by atoms with Crippen LogP contribution in [-0.2, 0) is 16.6 Å². The van der Waals surface area contributed by atoms with Crippen molar-refractivity contribution in [1.82, 2.24) is 4.98 Å². The van der Waals surface area contributed by atoms with Gasteiger partial charge < -0.3 is 4.74 Å². The highest BCUT2D eigenvalue weighted by molar-refractivity contribution is 7.93. The van der Waals surface area contributed by atoms with Gasteiger partial charge in [-0.1, -0.05) is 6.07 Å². The van der Waals surface area contributed by atoms with Crippen LogP contribution < -0.4 is 9.46 Å². The van der Waals surface area contributed by atoms with Crippen molar-refractivity contribution < 1.29 is 13.2 Å². The van der Waals surface area contributed by atoms with Crippen LogP contribution >= 0.6 is 0 Å². The molecule has 1 fully saturated rings. The predicted octanol–water partition coefficient (Wildman–Crippen LogP) is 3.12. The molecule has 0 saturated heterocycles. The van der Waals surface area contributed by atoms with E-state index in [9.17, 15) is 8.42 Å². The maximum atomic E-state index is 12.1. The molecule has 1 saturated carbocycles. The quantitative estimate of drug-likeness (QED) is 0.846. The summed E-state index contributed by atoms with van der Waals surface area (Å²) in [6.07, 6.45) is 3.13. The number of nitrogens with one attached hydrogen (secondary N) is 1. The van der Waals surface area contributed by atoms with E-state index in [0.29, 0.717) is 25.2 Å². The Balaban J connectivity index is 1.63. The first-order valence-electron chi connectivity index (χ1n) is 8.75. The van der Waals surface area contributed by atoms with Crippen LogP contribution in [0, 0.1) is 0 Å². The summed E-state index contributed by atoms with van der Waals surface area (Å²) in [4.78, 5) is 8.78. The van der Waals surface area contributed by atoms with Gasteiger partial charge in [0, 0.05) is 17.3 Å². The monoisotopic (exact) mass is 371 g/mol. The van der Waals surface area contributed by atoms with E-state index in [4.69, 9.17) is 4.74 Å². The topological polar surface area (TPSA) is 80.6 Å². The summed E-state index contributed by atoms with van der Waals surface area (Å²) in [5.41, 5.74) is 3.83. The SMILES string of the molecule is CC(C)Oc1ccc2c(c1)C(c1ccnc(NS(=O)(=O)C3CC3)c1)=NC2. The van der Waals surface area contributed by atoms with Gasteiger partial charge in [-0.2, -0.15) is 0 Å². The standard InChI is InChI=1S/C19H21N3O3S/c1-12(2)25-15-4-3-14-11-21-19(17(14)10-15)13-7-8-20-18(9-13)22-26(23,24)16-5-6-16/h3-4,7-10,12,16H,5-6,11H2,1-2H3,(H,20,22). The summed E-state index contributed by atoms with van der Waals surface area (Å²) in [6, 6.07) is 9.57. The van der Waals surface area contributed by atoms with Gasteiger partial charge in [-0.15, -0.1) is 0 Å². The van der Waals surface area contributed by atoms with Crippen LogP contribution in [0.3, 0.4) is 0 Å². The molecule has 1 aromatic heterocycles. The van der Waals surface area contributed by atoms with E-state index in [1.165, 1.54) is 0 Å². The van der Waals surface area contributed by atoms with E-state index in [2.05, 4.69) is 14.7 Å². The van der Waals surface area contributed by atoms with E-state index in [-0.39, 0.29) is 11.4 Å². The molecule has 0 spiro atoms. The highest BCUT2D eigenvalue weighted by Gasteiger charge is 2.36. The minimum absolute atomic E-state index is 0.0965. The van der Waals surface area contributed by atoms with E-state index in [0.717, 1.165) is 28.2 Å². The normalized spacial score (nSPS) is 16.3.